The van der Waals surface area contributed by atoms with Crippen LogP contribution in [0.2, 0.25) is 10.2 Å². The number of pyridine rings is 1. The van der Waals surface area contributed by atoms with Gasteiger partial charge in [-0.3, -0.25) is 13.6 Å². The predicted molar refractivity (Wildman–Crippen MR) is 87.3 cm³/mol. The fraction of sp³-hybridized carbons (Fsp3) is 0.375. The fourth-order valence-corrected chi connectivity index (χ4v) is 2.61. The number of fused-ring (bicyclic) bond motifs is 1. The average molecular weight is 362 g/mol. The van der Waals surface area contributed by atoms with E-state index in [1.807, 2.05) is 0 Å². The number of nitrogens with zero attached hydrogens (tertiary/aromatic N) is 1. The number of aromatic nitrogens is 1. The van der Waals surface area contributed by atoms with Gasteiger partial charge in [0.2, 0.25) is 0 Å². The number of carbonyl (C=O) groups is 1. The normalized spacial score (nSPS) is 11.2. The molecule has 0 amide bonds. The molecule has 0 spiro atoms. The molecule has 0 fully saturated rings. The van der Waals surface area contributed by atoms with Crippen LogP contribution in [0.4, 0.5) is 8.78 Å². The van der Waals surface area contributed by atoms with E-state index in [0.717, 1.165) is 0 Å². The summed E-state index contributed by atoms with van der Waals surface area (Å²) in [6.07, 6.45) is 1.09. The third-order valence-corrected chi connectivity index (χ3v) is 4.08. The van der Waals surface area contributed by atoms with E-state index in [-0.39, 0.29) is 36.1 Å². The molecule has 124 valence electrons. The first-order chi connectivity index (χ1) is 11.1. The highest BCUT2D eigenvalue weighted by Crippen LogP contribution is 2.31. The molecule has 0 radical (unpaired) electrons. The van der Waals surface area contributed by atoms with Crippen molar-refractivity contribution < 1.29 is 18.3 Å². The van der Waals surface area contributed by atoms with E-state index >= 15 is 0 Å². The third kappa shape index (κ3) is 4.52. The van der Waals surface area contributed by atoms with Gasteiger partial charge in [0.1, 0.15) is 10.9 Å². The van der Waals surface area contributed by atoms with Crippen molar-refractivity contribution in [1.82, 2.24) is 4.98 Å². The molecule has 0 N–H and O–H groups in total. The number of rotatable bonds is 8. The summed E-state index contributed by atoms with van der Waals surface area (Å²) in [7, 11) is 0. The second-order valence-electron chi connectivity index (χ2n) is 5.09. The fourth-order valence-electron chi connectivity index (χ4n) is 2.19. The van der Waals surface area contributed by atoms with Crippen LogP contribution in [0.15, 0.2) is 18.2 Å². The molecule has 1 aromatic heterocycles. The van der Waals surface area contributed by atoms with E-state index in [4.69, 9.17) is 27.9 Å². The minimum atomic E-state index is -0.523. The number of hydrogen-bond acceptors (Lipinski definition) is 3. The standard InChI is InChI=1S/C16H15Cl2F2NO2/c17-13-6-11-5-12(8-22)16(18)21-14(11)7-15(13)23-9-10(1-3-19)2-4-20/h5-8,10H,1-4,9H2. The zero-order chi connectivity index (χ0) is 16.8. The van der Waals surface area contributed by atoms with Crippen molar-refractivity contribution in [3.8, 4) is 5.75 Å². The Bertz CT molecular complexity index is 691. The van der Waals surface area contributed by atoms with Crippen LogP contribution in [-0.4, -0.2) is 31.2 Å². The molecule has 2 rings (SSSR count). The lowest BCUT2D eigenvalue weighted by Crippen LogP contribution is -2.14. The van der Waals surface area contributed by atoms with Crippen LogP contribution in [0.3, 0.4) is 0 Å². The molecule has 3 nitrogen and oxygen atoms in total. The molecule has 2 aromatic rings. The Kier molecular flexibility index (Phi) is 6.54. The van der Waals surface area contributed by atoms with E-state index in [0.29, 0.717) is 28.0 Å². The van der Waals surface area contributed by atoms with Gasteiger partial charge in [0, 0.05) is 11.5 Å². The lowest BCUT2D eigenvalue weighted by Gasteiger charge is -2.16. The Labute approximate surface area is 142 Å². The lowest BCUT2D eigenvalue weighted by atomic mass is 10.0. The number of carbonyl (C=O) groups excluding carboxylic acids is 1. The predicted octanol–water partition coefficient (Wildman–Crippen LogP) is 5.07. The molecule has 0 atom stereocenters. The topological polar surface area (TPSA) is 39.2 Å². The molecule has 0 aliphatic carbocycles. The van der Waals surface area contributed by atoms with Gasteiger partial charge in [-0.2, -0.15) is 0 Å². The van der Waals surface area contributed by atoms with Gasteiger partial charge in [0.15, 0.2) is 6.29 Å². The van der Waals surface area contributed by atoms with E-state index in [9.17, 15) is 13.6 Å². The number of alkyl halides is 2. The van der Waals surface area contributed by atoms with Gasteiger partial charge in [-0.25, -0.2) is 4.98 Å². The SMILES string of the molecule is O=Cc1cc2cc(Cl)c(OCC(CCF)CCF)cc2nc1Cl. The molecule has 23 heavy (non-hydrogen) atoms. The van der Waals surface area contributed by atoms with E-state index in [1.54, 1.807) is 18.2 Å². The van der Waals surface area contributed by atoms with Gasteiger partial charge in [-0.05, 0) is 30.9 Å². The first-order valence-electron chi connectivity index (χ1n) is 7.08. The molecule has 0 bridgehead atoms. The summed E-state index contributed by atoms with van der Waals surface area (Å²) in [6.45, 7) is -0.880. The summed E-state index contributed by atoms with van der Waals surface area (Å²) in [4.78, 5) is 15.0. The molecular weight excluding hydrogens is 347 g/mol. The van der Waals surface area contributed by atoms with Crippen LogP contribution in [0, 0.1) is 5.92 Å². The molecule has 0 aliphatic rings. The zero-order valence-corrected chi connectivity index (χ0v) is 13.7. The Morgan fingerprint density at radius 1 is 1.17 bits per heavy atom. The van der Waals surface area contributed by atoms with Gasteiger partial charge >= 0.3 is 0 Å². The van der Waals surface area contributed by atoms with Gasteiger partial charge in [0.05, 0.1) is 36.1 Å². The van der Waals surface area contributed by atoms with Crippen molar-refractivity contribution in [2.24, 2.45) is 5.92 Å². The summed E-state index contributed by atoms with van der Waals surface area (Å²) in [5.41, 5.74) is 0.794. The first-order valence-corrected chi connectivity index (χ1v) is 7.84. The highest BCUT2D eigenvalue weighted by atomic mass is 35.5. The lowest BCUT2D eigenvalue weighted by molar-refractivity contribution is 0.112. The summed E-state index contributed by atoms with van der Waals surface area (Å²) in [5.74, 6) is 0.148. The van der Waals surface area contributed by atoms with Crippen molar-refractivity contribution in [2.45, 2.75) is 12.8 Å². The Morgan fingerprint density at radius 2 is 1.87 bits per heavy atom. The monoisotopic (exact) mass is 361 g/mol. The molecule has 0 saturated heterocycles. The van der Waals surface area contributed by atoms with Crippen molar-refractivity contribution in [1.29, 1.82) is 0 Å². The third-order valence-electron chi connectivity index (χ3n) is 3.49. The maximum atomic E-state index is 12.4. The minimum Gasteiger partial charge on any atom is -0.492 e. The van der Waals surface area contributed by atoms with E-state index in [1.165, 1.54) is 0 Å². The molecular formula is C16H15Cl2F2NO2. The number of halogens is 4. The van der Waals surface area contributed by atoms with Gasteiger partial charge < -0.3 is 4.74 Å². The maximum Gasteiger partial charge on any atom is 0.153 e. The smallest absolute Gasteiger partial charge is 0.153 e. The second kappa shape index (κ2) is 8.41. The number of benzene rings is 1. The summed E-state index contributed by atoms with van der Waals surface area (Å²) >= 11 is 12.1. The Balaban J connectivity index is 2.23. The maximum absolute atomic E-state index is 12.4. The highest BCUT2D eigenvalue weighted by Gasteiger charge is 2.13. The minimum absolute atomic E-state index is 0.0912. The van der Waals surface area contributed by atoms with Gasteiger partial charge in [0.25, 0.3) is 0 Å². The van der Waals surface area contributed by atoms with Crippen LogP contribution in [0.25, 0.3) is 10.9 Å². The van der Waals surface area contributed by atoms with Crippen LogP contribution in [0.5, 0.6) is 5.75 Å². The van der Waals surface area contributed by atoms with Crippen LogP contribution < -0.4 is 4.74 Å². The Hall–Kier alpha value is -1.46. The zero-order valence-electron chi connectivity index (χ0n) is 12.2. The first kappa shape index (κ1) is 17.9. The molecule has 0 aliphatic heterocycles. The molecule has 1 heterocycles. The second-order valence-corrected chi connectivity index (χ2v) is 5.86. The number of hydrogen-bond donors (Lipinski definition) is 0. The van der Waals surface area contributed by atoms with Crippen molar-refractivity contribution in [3.05, 3.63) is 33.9 Å². The summed E-state index contributed by atoms with van der Waals surface area (Å²) < 4.78 is 30.5. The van der Waals surface area contributed by atoms with E-state index in [2.05, 4.69) is 4.98 Å². The van der Waals surface area contributed by atoms with Crippen LogP contribution in [-0.2, 0) is 0 Å². The average Bonchev–Trinajstić information content (AvgIpc) is 2.53. The van der Waals surface area contributed by atoms with Gasteiger partial charge in [-0.15, -0.1) is 0 Å². The summed E-state index contributed by atoms with van der Waals surface area (Å²) in [5, 5.41) is 1.07. The number of ether oxygens (including phenoxy) is 1. The van der Waals surface area contributed by atoms with Crippen LogP contribution in [0.1, 0.15) is 23.2 Å². The van der Waals surface area contributed by atoms with Gasteiger partial charge in [-0.1, -0.05) is 23.2 Å². The highest BCUT2D eigenvalue weighted by molar-refractivity contribution is 6.33. The van der Waals surface area contributed by atoms with Crippen molar-refractivity contribution >= 4 is 40.4 Å². The number of aldehydes is 1. The van der Waals surface area contributed by atoms with Crippen LogP contribution >= 0.6 is 23.2 Å². The molecule has 1 aromatic carbocycles. The quantitative estimate of drug-likeness (QED) is 0.486. The largest absolute Gasteiger partial charge is 0.492 e. The Morgan fingerprint density at radius 3 is 2.48 bits per heavy atom. The summed E-state index contributed by atoms with van der Waals surface area (Å²) in [6, 6.07) is 4.80. The van der Waals surface area contributed by atoms with E-state index < -0.39 is 13.3 Å². The van der Waals surface area contributed by atoms with Crippen molar-refractivity contribution in [3.63, 3.8) is 0 Å². The van der Waals surface area contributed by atoms with Crippen molar-refractivity contribution in [2.75, 3.05) is 20.0 Å². The molecule has 0 unspecified atom stereocenters. The molecule has 0 saturated carbocycles. The molecule has 7 heteroatoms.